The fraction of sp³-hybridized carbons (Fsp3) is 0.211. The van der Waals surface area contributed by atoms with Crippen molar-refractivity contribution in [3.8, 4) is 11.5 Å². The van der Waals surface area contributed by atoms with Crippen molar-refractivity contribution >= 4 is 17.7 Å². The molecule has 0 saturated carbocycles. The number of benzene rings is 1. The molecule has 0 aliphatic rings. The Labute approximate surface area is 151 Å². The summed E-state index contributed by atoms with van der Waals surface area (Å²) in [7, 11) is 0. The van der Waals surface area contributed by atoms with Crippen LogP contribution in [0.3, 0.4) is 0 Å². The van der Waals surface area contributed by atoms with Crippen LogP contribution in [0.25, 0.3) is 11.5 Å². The Morgan fingerprint density at radius 3 is 2.68 bits per heavy atom. The predicted molar refractivity (Wildman–Crippen MR) is 100 cm³/mol. The van der Waals surface area contributed by atoms with Crippen molar-refractivity contribution < 1.29 is 4.79 Å². The molecular weight excluding hydrogens is 332 g/mol. The summed E-state index contributed by atoms with van der Waals surface area (Å²) < 4.78 is 2.00. The van der Waals surface area contributed by atoms with Gasteiger partial charge in [-0.2, -0.15) is 0 Å². The van der Waals surface area contributed by atoms with Crippen LogP contribution >= 0.6 is 11.8 Å². The number of carbonyl (C=O) groups is 1. The van der Waals surface area contributed by atoms with E-state index in [9.17, 15) is 4.79 Å². The number of pyridine rings is 1. The van der Waals surface area contributed by atoms with Crippen molar-refractivity contribution in [3.63, 3.8) is 0 Å². The number of thioether (sulfide) groups is 1. The first-order chi connectivity index (χ1) is 12.3. The monoisotopic (exact) mass is 352 g/mol. The summed E-state index contributed by atoms with van der Waals surface area (Å²) in [6.45, 7) is 1.24. The van der Waals surface area contributed by atoms with Gasteiger partial charge in [-0.1, -0.05) is 24.3 Å². The minimum absolute atomic E-state index is 0.0722. The van der Waals surface area contributed by atoms with Crippen LogP contribution < -0.4 is 5.32 Å². The summed E-state index contributed by atoms with van der Waals surface area (Å²) in [6, 6.07) is 15.9. The van der Waals surface area contributed by atoms with E-state index in [1.807, 2.05) is 47.2 Å². The van der Waals surface area contributed by atoms with Gasteiger partial charge in [-0.05, 0) is 24.3 Å². The van der Waals surface area contributed by atoms with Gasteiger partial charge in [0.25, 0.3) is 0 Å². The lowest BCUT2D eigenvalue weighted by atomic mass is 10.3. The highest BCUT2D eigenvalue weighted by Crippen LogP contribution is 2.17. The molecule has 0 atom stereocenters. The second-order valence-corrected chi connectivity index (χ2v) is 6.59. The molecule has 0 spiro atoms. The Morgan fingerprint density at radius 1 is 1.04 bits per heavy atom. The van der Waals surface area contributed by atoms with Crippen LogP contribution in [0.5, 0.6) is 0 Å². The highest BCUT2D eigenvalue weighted by molar-refractivity contribution is 7.99. The molecule has 25 heavy (non-hydrogen) atoms. The molecule has 1 amide bonds. The number of nitrogens with zero attached hydrogens (tertiary/aromatic N) is 3. The minimum atomic E-state index is 0.0722. The van der Waals surface area contributed by atoms with Gasteiger partial charge in [0.05, 0.1) is 0 Å². The second kappa shape index (κ2) is 9.03. The first kappa shape index (κ1) is 17.2. The van der Waals surface area contributed by atoms with Crippen LogP contribution in [0, 0.1) is 0 Å². The predicted octanol–water partition coefficient (Wildman–Crippen LogP) is 3.24. The average molecular weight is 352 g/mol. The summed E-state index contributed by atoms with van der Waals surface area (Å²) in [4.78, 5) is 21.8. The van der Waals surface area contributed by atoms with Crippen LogP contribution in [-0.4, -0.2) is 32.7 Å². The quantitative estimate of drug-likeness (QED) is 0.632. The van der Waals surface area contributed by atoms with E-state index in [0.29, 0.717) is 19.5 Å². The van der Waals surface area contributed by atoms with Crippen LogP contribution in [0.4, 0.5) is 0 Å². The van der Waals surface area contributed by atoms with Crippen LogP contribution in [0.1, 0.15) is 6.42 Å². The Morgan fingerprint density at radius 2 is 1.88 bits per heavy atom. The molecule has 2 aromatic heterocycles. The van der Waals surface area contributed by atoms with Crippen molar-refractivity contribution in [1.82, 2.24) is 19.9 Å². The summed E-state index contributed by atoms with van der Waals surface area (Å²) in [5, 5.41) is 2.96. The molecule has 1 N–H and O–H groups in total. The fourth-order valence-corrected chi connectivity index (χ4v) is 3.27. The average Bonchev–Trinajstić information content (AvgIpc) is 3.12. The number of hydrogen-bond donors (Lipinski definition) is 1. The molecule has 0 aliphatic heterocycles. The molecule has 5 nitrogen and oxygen atoms in total. The molecule has 0 radical (unpaired) electrons. The lowest BCUT2D eigenvalue weighted by Gasteiger charge is -2.09. The highest BCUT2D eigenvalue weighted by Gasteiger charge is 2.07. The van der Waals surface area contributed by atoms with E-state index in [0.717, 1.165) is 17.3 Å². The molecule has 3 aromatic rings. The van der Waals surface area contributed by atoms with Gasteiger partial charge in [-0.3, -0.25) is 9.78 Å². The summed E-state index contributed by atoms with van der Waals surface area (Å²) in [5.74, 6) is 1.66. The van der Waals surface area contributed by atoms with Gasteiger partial charge in [0.2, 0.25) is 5.91 Å². The third-order valence-electron chi connectivity index (χ3n) is 3.63. The molecule has 0 aliphatic carbocycles. The van der Waals surface area contributed by atoms with Gasteiger partial charge in [-0.25, -0.2) is 4.98 Å². The molecule has 0 unspecified atom stereocenters. The number of amides is 1. The number of nitrogens with one attached hydrogen (secondary N) is 1. The Hall–Kier alpha value is -2.60. The number of imidazole rings is 1. The van der Waals surface area contributed by atoms with E-state index in [-0.39, 0.29) is 5.91 Å². The first-order valence-corrected chi connectivity index (χ1v) is 9.18. The van der Waals surface area contributed by atoms with Gasteiger partial charge in [0.15, 0.2) is 5.82 Å². The highest BCUT2D eigenvalue weighted by atomic mass is 32.2. The molecule has 0 saturated heterocycles. The van der Waals surface area contributed by atoms with E-state index < -0.39 is 0 Å². The van der Waals surface area contributed by atoms with Crippen molar-refractivity contribution in [2.24, 2.45) is 0 Å². The first-order valence-electron chi connectivity index (χ1n) is 8.20. The Balaban J connectivity index is 1.41. The number of hydrogen-bond acceptors (Lipinski definition) is 4. The fourth-order valence-electron chi connectivity index (χ4n) is 2.40. The largest absolute Gasteiger partial charge is 0.354 e. The Kier molecular flexibility index (Phi) is 6.23. The molecule has 6 heteroatoms. The van der Waals surface area contributed by atoms with Gasteiger partial charge in [0.1, 0.15) is 5.69 Å². The number of aromatic nitrogens is 3. The summed E-state index contributed by atoms with van der Waals surface area (Å²) in [5.41, 5.74) is 0.832. The van der Waals surface area contributed by atoms with Gasteiger partial charge >= 0.3 is 0 Å². The molecule has 128 valence electrons. The van der Waals surface area contributed by atoms with E-state index in [1.165, 1.54) is 4.90 Å². The standard InChI is InChI=1S/C19H20N4OS/c24-18(9-15-25-16-6-2-1-3-7-16)21-11-13-23-14-12-22-19(23)17-8-4-5-10-20-17/h1-8,10,12,14H,9,11,13,15H2,(H,21,24). The molecule has 0 bridgehead atoms. The van der Waals surface area contributed by atoms with Gasteiger partial charge in [0, 0.05) is 48.7 Å². The van der Waals surface area contributed by atoms with Crippen LogP contribution in [-0.2, 0) is 11.3 Å². The summed E-state index contributed by atoms with van der Waals surface area (Å²) in [6.07, 6.45) is 5.92. The van der Waals surface area contributed by atoms with Crippen molar-refractivity contribution in [1.29, 1.82) is 0 Å². The van der Waals surface area contributed by atoms with Gasteiger partial charge < -0.3 is 9.88 Å². The molecular formula is C19H20N4OS. The maximum absolute atomic E-state index is 12.0. The van der Waals surface area contributed by atoms with E-state index >= 15 is 0 Å². The third-order valence-corrected chi connectivity index (χ3v) is 4.64. The number of rotatable bonds is 8. The zero-order valence-electron chi connectivity index (χ0n) is 13.8. The zero-order valence-corrected chi connectivity index (χ0v) is 14.7. The van der Waals surface area contributed by atoms with Crippen molar-refractivity contribution in [3.05, 3.63) is 67.1 Å². The SMILES string of the molecule is O=C(CCSc1ccccc1)NCCn1ccnc1-c1ccccn1. The molecule has 2 heterocycles. The lowest BCUT2D eigenvalue weighted by Crippen LogP contribution is -2.27. The van der Waals surface area contributed by atoms with Crippen molar-refractivity contribution in [2.75, 3.05) is 12.3 Å². The van der Waals surface area contributed by atoms with Crippen molar-refractivity contribution in [2.45, 2.75) is 17.9 Å². The van der Waals surface area contributed by atoms with Crippen LogP contribution in [0.2, 0.25) is 0 Å². The number of carbonyl (C=O) groups excluding carboxylic acids is 1. The topological polar surface area (TPSA) is 59.8 Å². The zero-order chi connectivity index (χ0) is 17.3. The summed E-state index contributed by atoms with van der Waals surface area (Å²) >= 11 is 1.70. The third kappa shape index (κ3) is 5.19. The van der Waals surface area contributed by atoms with E-state index in [2.05, 4.69) is 27.4 Å². The van der Waals surface area contributed by atoms with E-state index in [1.54, 1.807) is 24.2 Å². The maximum Gasteiger partial charge on any atom is 0.220 e. The normalized spacial score (nSPS) is 10.6. The minimum Gasteiger partial charge on any atom is -0.354 e. The smallest absolute Gasteiger partial charge is 0.220 e. The molecule has 3 rings (SSSR count). The van der Waals surface area contributed by atoms with E-state index in [4.69, 9.17) is 0 Å². The molecule has 0 fully saturated rings. The second-order valence-electron chi connectivity index (χ2n) is 5.42. The lowest BCUT2D eigenvalue weighted by molar-refractivity contribution is -0.120. The van der Waals surface area contributed by atoms with Crippen LogP contribution in [0.15, 0.2) is 72.0 Å². The molecule has 1 aromatic carbocycles. The Bertz CT molecular complexity index is 789. The maximum atomic E-state index is 12.0. The van der Waals surface area contributed by atoms with Gasteiger partial charge in [-0.15, -0.1) is 11.8 Å².